The molecule has 2 atom stereocenters. The molecule has 1 aromatic heterocycles. The Labute approximate surface area is 104 Å². The first-order valence-electron chi connectivity index (χ1n) is 5.79. The molecular weight excluding hydrogens is 270 g/mol. The number of hydrogen-bond acceptors (Lipinski definition) is 2. The van der Waals surface area contributed by atoms with Gasteiger partial charge in [0, 0.05) is 21.3 Å². The first-order chi connectivity index (χ1) is 7.33. The Balaban J connectivity index is 2.04. The predicted molar refractivity (Wildman–Crippen MR) is 70.7 cm³/mol. The van der Waals surface area contributed by atoms with E-state index in [2.05, 4.69) is 39.6 Å². The maximum Gasteiger partial charge on any atom is 0.0317 e. The fourth-order valence-corrected chi connectivity index (χ4v) is 4.29. The molecule has 2 unspecified atom stereocenters. The third kappa shape index (κ3) is 2.63. The molecular formula is C12H18BrNS. The minimum atomic E-state index is 0.708. The van der Waals surface area contributed by atoms with Crippen LogP contribution in [0.4, 0.5) is 0 Å². The summed E-state index contributed by atoms with van der Waals surface area (Å²) < 4.78 is 1.31. The van der Waals surface area contributed by atoms with E-state index in [0.717, 1.165) is 12.5 Å². The summed E-state index contributed by atoms with van der Waals surface area (Å²) in [4.78, 5) is 1.54. The highest BCUT2D eigenvalue weighted by Gasteiger charge is 2.29. The number of rotatable bonds is 4. The van der Waals surface area contributed by atoms with Crippen LogP contribution in [0.5, 0.6) is 0 Å². The van der Waals surface area contributed by atoms with Crippen LogP contribution >= 0.6 is 27.3 Å². The van der Waals surface area contributed by atoms with E-state index in [4.69, 9.17) is 0 Å². The fourth-order valence-electron chi connectivity index (χ4n) is 2.42. The van der Waals surface area contributed by atoms with Crippen LogP contribution in [-0.2, 0) is 0 Å². The van der Waals surface area contributed by atoms with Gasteiger partial charge in [-0.15, -0.1) is 11.3 Å². The molecule has 1 aromatic rings. The van der Waals surface area contributed by atoms with Crippen molar-refractivity contribution in [3.8, 4) is 0 Å². The van der Waals surface area contributed by atoms with Crippen molar-refractivity contribution in [3.05, 3.63) is 20.8 Å². The minimum absolute atomic E-state index is 0.708. The van der Waals surface area contributed by atoms with Gasteiger partial charge in [-0.2, -0.15) is 0 Å². The van der Waals surface area contributed by atoms with Gasteiger partial charge in [-0.3, -0.25) is 0 Å². The first kappa shape index (κ1) is 11.6. The smallest absolute Gasteiger partial charge is 0.0317 e. The SMILES string of the molecule is CCCNC1CCCC1c1sccc1Br. The Hall–Kier alpha value is 0.140. The summed E-state index contributed by atoms with van der Waals surface area (Å²) >= 11 is 5.55. The van der Waals surface area contributed by atoms with Crippen LogP contribution in [0.1, 0.15) is 43.4 Å². The Kier molecular flexibility index (Phi) is 4.23. The molecule has 1 heterocycles. The Morgan fingerprint density at radius 3 is 3.07 bits per heavy atom. The van der Waals surface area contributed by atoms with Crippen molar-refractivity contribution < 1.29 is 0 Å². The van der Waals surface area contributed by atoms with Crippen LogP contribution in [0, 0.1) is 0 Å². The molecule has 2 rings (SSSR count). The number of halogens is 1. The molecule has 84 valence electrons. The second kappa shape index (κ2) is 5.46. The molecule has 1 N–H and O–H groups in total. The molecule has 0 amide bonds. The largest absolute Gasteiger partial charge is 0.313 e. The van der Waals surface area contributed by atoms with Crippen LogP contribution in [-0.4, -0.2) is 12.6 Å². The van der Waals surface area contributed by atoms with Crippen molar-refractivity contribution in [2.45, 2.75) is 44.6 Å². The molecule has 3 heteroatoms. The highest BCUT2D eigenvalue weighted by Crippen LogP contribution is 2.40. The summed E-state index contributed by atoms with van der Waals surface area (Å²) in [7, 11) is 0. The van der Waals surface area contributed by atoms with Gasteiger partial charge < -0.3 is 5.32 Å². The summed E-state index contributed by atoms with van der Waals surface area (Å²) in [5.41, 5.74) is 0. The molecule has 0 aliphatic heterocycles. The van der Waals surface area contributed by atoms with Gasteiger partial charge in [0.2, 0.25) is 0 Å². The van der Waals surface area contributed by atoms with E-state index in [9.17, 15) is 0 Å². The van der Waals surface area contributed by atoms with E-state index in [0.29, 0.717) is 6.04 Å². The predicted octanol–water partition coefficient (Wildman–Crippen LogP) is 4.15. The van der Waals surface area contributed by atoms with Gasteiger partial charge in [-0.25, -0.2) is 0 Å². The molecule has 1 nitrogen and oxygen atoms in total. The van der Waals surface area contributed by atoms with E-state index >= 15 is 0 Å². The van der Waals surface area contributed by atoms with Gasteiger partial charge in [-0.1, -0.05) is 13.3 Å². The normalized spacial score (nSPS) is 26.0. The lowest BCUT2D eigenvalue weighted by Crippen LogP contribution is -2.31. The summed E-state index contributed by atoms with van der Waals surface area (Å²) in [6, 6.07) is 2.88. The van der Waals surface area contributed by atoms with E-state index in [-0.39, 0.29) is 0 Å². The van der Waals surface area contributed by atoms with Gasteiger partial charge in [-0.05, 0) is 53.2 Å². The van der Waals surface area contributed by atoms with Gasteiger partial charge in [0.1, 0.15) is 0 Å². The molecule has 1 aliphatic carbocycles. The lowest BCUT2D eigenvalue weighted by molar-refractivity contribution is 0.482. The van der Waals surface area contributed by atoms with Crippen molar-refractivity contribution in [1.82, 2.24) is 5.32 Å². The zero-order chi connectivity index (χ0) is 10.7. The summed E-state index contributed by atoms with van der Waals surface area (Å²) in [5, 5.41) is 5.87. The Morgan fingerprint density at radius 1 is 1.53 bits per heavy atom. The molecule has 0 spiro atoms. The number of thiophene rings is 1. The second-order valence-corrected chi connectivity index (χ2v) is 6.03. The summed E-state index contributed by atoms with van der Waals surface area (Å²) in [5.74, 6) is 0.742. The van der Waals surface area contributed by atoms with Crippen LogP contribution in [0.3, 0.4) is 0 Å². The molecule has 1 saturated carbocycles. The van der Waals surface area contributed by atoms with Gasteiger partial charge >= 0.3 is 0 Å². The van der Waals surface area contributed by atoms with Crippen molar-refractivity contribution in [3.63, 3.8) is 0 Å². The lowest BCUT2D eigenvalue weighted by atomic mass is 10.0. The highest BCUT2D eigenvalue weighted by atomic mass is 79.9. The number of nitrogens with one attached hydrogen (secondary N) is 1. The molecule has 15 heavy (non-hydrogen) atoms. The maximum atomic E-state index is 3.68. The Bertz CT molecular complexity index is 310. The van der Waals surface area contributed by atoms with E-state index < -0.39 is 0 Å². The third-order valence-corrected chi connectivity index (χ3v) is 5.16. The van der Waals surface area contributed by atoms with Crippen LogP contribution < -0.4 is 5.32 Å². The van der Waals surface area contributed by atoms with Gasteiger partial charge in [0.15, 0.2) is 0 Å². The van der Waals surface area contributed by atoms with Crippen LogP contribution in [0.15, 0.2) is 15.9 Å². The van der Waals surface area contributed by atoms with Crippen LogP contribution in [0.25, 0.3) is 0 Å². The summed E-state index contributed by atoms with van der Waals surface area (Å²) in [6.07, 6.45) is 5.29. The second-order valence-electron chi connectivity index (χ2n) is 4.23. The highest BCUT2D eigenvalue weighted by molar-refractivity contribution is 9.10. The summed E-state index contributed by atoms with van der Waals surface area (Å²) in [6.45, 7) is 3.39. The van der Waals surface area contributed by atoms with Crippen molar-refractivity contribution in [1.29, 1.82) is 0 Å². The van der Waals surface area contributed by atoms with Crippen molar-refractivity contribution in [2.75, 3.05) is 6.54 Å². The van der Waals surface area contributed by atoms with Gasteiger partial charge in [0.05, 0.1) is 0 Å². The van der Waals surface area contributed by atoms with E-state index in [1.807, 2.05) is 11.3 Å². The zero-order valence-electron chi connectivity index (χ0n) is 9.13. The van der Waals surface area contributed by atoms with E-state index in [1.54, 1.807) is 4.88 Å². The molecule has 0 aromatic carbocycles. The number of hydrogen-bond donors (Lipinski definition) is 1. The molecule has 1 aliphatic rings. The molecule has 0 bridgehead atoms. The average molecular weight is 288 g/mol. The molecule has 0 saturated heterocycles. The van der Waals surface area contributed by atoms with Gasteiger partial charge in [0.25, 0.3) is 0 Å². The molecule has 1 fully saturated rings. The molecule has 0 radical (unpaired) electrons. The third-order valence-electron chi connectivity index (χ3n) is 3.15. The average Bonchev–Trinajstić information content (AvgIpc) is 2.82. The van der Waals surface area contributed by atoms with Crippen molar-refractivity contribution >= 4 is 27.3 Å². The monoisotopic (exact) mass is 287 g/mol. The standard InChI is InChI=1S/C12H18BrNS/c1-2-7-14-11-5-3-4-9(11)12-10(13)6-8-15-12/h6,8-9,11,14H,2-5,7H2,1H3. The topological polar surface area (TPSA) is 12.0 Å². The lowest BCUT2D eigenvalue weighted by Gasteiger charge is -2.20. The maximum absolute atomic E-state index is 3.68. The minimum Gasteiger partial charge on any atom is -0.313 e. The van der Waals surface area contributed by atoms with Crippen LogP contribution in [0.2, 0.25) is 0 Å². The zero-order valence-corrected chi connectivity index (χ0v) is 11.5. The first-order valence-corrected chi connectivity index (χ1v) is 7.46. The van der Waals surface area contributed by atoms with Crippen molar-refractivity contribution in [2.24, 2.45) is 0 Å². The van der Waals surface area contributed by atoms with E-state index in [1.165, 1.54) is 30.2 Å². The quantitative estimate of drug-likeness (QED) is 0.877. The Morgan fingerprint density at radius 2 is 2.40 bits per heavy atom. The fraction of sp³-hybridized carbons (Fsp3) is 0.667.